The molecule has 1 saturated heterocycles. The van der Waals surface area contributed by atoms with Gasteiger partial charge in [-0.05, 0) is 68.1 Å². The maximum atomic E-state index is 12.2. The van der Waals surface area contributed by atoms with Gasteiger partial charge in [-0.2, -0.15) is 0 Å². The molecule has 1 amide bonds. The van der Waals surface area contributed by atoms with Crippen LogP contribution in [-0.2, 0) is 6.42 Å². The van der Waals surface area contributed by atoms with Crippen molar-refractivity contribution in [1.82, 2.24) is 20.3 Å². The Kier molecular flexibility index (Phi) is 7.18. The van der Waals surface area contributed by atoms with E-state index in [1.54, 1.807) is 6.20 Å². The molecule has 2 N–H and O–H groups in total. The van der Waals surface area contributed by atoms with Gasteiger partial charge in [-0.15, -0.1) is 0 Å². The van der Waals surface area contributed by atoms with E-state index in [2.05, 4.69) is 48.7 Å². The Hall–Kier alpha value is -3.32. The van der Waals surface area contributed by atoms with Crippen molar-refractivity contribution in [2.24, 2.45) is 0 Å². The molecule has 1 aromatic carbocycles. The van der Waals surface area contributed by atoms with Crippen molar-refractivity contribution in [3.8, 4) is 0 Å². The summed E-state index contributed by atoms with van der Waals surface area (Å²) in [7, 11) is 0. The molecule has 1 aliphatic heterocycles. The second kappa shape index (κ2) is 10.6. The first kappa shape index (κ1) is 20.9. The van der Waals surface area contributed by atoms with Crippen LogP contribution in [0.25, 0.3) is 0 Å². The monoisotopic (exact) mass is 416 g/mol. The van der Waals surface area contributed by atoms with E-state index >= 15 is 0 Å². The first-order valence-electron chi connectivity index (χ1n) is 10.8. The largest absolute Gasteiger partial charge is 0.371 e. The molecule has 3 heterocycles. The fourth-order valence-electron chi connectivity index (χ4n) is 3.85. The van der Waals surface area contributed by atoms with Crippen LogP contribution in [0, 0.1) is 0 Å². The van der Waals surface area contributed by atoms with E-state index in [9.17, 15) is 4.79 Å². The molecule has 0 aliphatic carbocycles. The number of piperidine rings is 1. The maximum absolute atomic E-state index is 12.2. The molecular weight excluding hydrogens is 388 g/mol. The number of hydrogen-bond acceptors (Lipinski definition) is 6. The number of rotatable bonds is 8. The molecule has 0 atom stereocenters. The number of hydrogen-bond donors (Lipinski definition) is 2. The summed E-state index contributed by atoms with van der Waals surface area (Å²) in [5.74, 6) is -0.253. The topological polar surface area (TPSA) is 83.0 Å². The number of amides is 1. The van der Waals surface area contributed by atoms with Crippen molar-refractivity contribution >= 4 is 17.3 Å². The van der Waals surface area contributed by atoms with Crippen molar-refractivity contribution in [3.05, 3.63) is 78.6 Å². The number of aromatic nitrogens is 3. The van der Waals surface area contributed by atoms with Crippen LogP contribution < -0.4 is 15.5 Å². The summed E-state index contributed by atoms with van der Waals surface area (Å²) in [6, 6.07) is 12.7. The summed E-state index contributed by atoms with van der Waals surface area (Å²) < 4.78 is 0. The van der Waals surface area contributed by atoms with E-state index in [4.69, 9.17) is 0 Å². The van der Waals surface area contributed by atoms with E-state index in [0.717, 1.165) is 51.0 Å². The minimum absolute atomic E-state index is 0.253. The molecule has 7 nitrogen and oxygen atoms in total. The lowest BCUT2D eigenvalue weighted by molar-refractivity contribution is 0.102. The van der Waals surface area contributed by atoms with Crippen molar-refractivity contribution in [2.45, 2.75) is 31.7 Å². The second-order valence-electron chi connectivity index (χ2n) is 7.77. The van der Waals surface area contributed by atoms with Gasteiger partial charge in [0.25, 0.3) is 5.91 Å². The Morgan fingerprint density at radius 3 is 2.52 bits per heavy atom. The van der Waals surface area contributed by atoms with Crippen molar-refractivity contribution in [2.75, 3.05) is 29.9 Å². The molecule has 7 heteroatoms. The summed E-state index contributed by atoms with van der Waals surface area (Å²) in [6.45, 7) is 3.11. The molecule has 3 aromatic rings. The number of carbonyl (C=O) groups is 1. The first-order valence-corrected chi connectivity index (χ1v) is 10.8. The molecule has 1 fully saturated rings. The van der Waals surface area contributed by atoms with Crippen LogP contribution in [-0.4, -0.2) is 46.5 Å². The number of nitrogens with zero attached hydrogens (tertiary/aromatic N) is 4. The van der Waals surface area contributed by atoms with Crippen LogP contribution in [0.15, 0.2) is 67.4 Å². The van der Waals surface area contributed by atoms with E-state index in [1.807, 2.05) is 30.6 Å². The second-order valence-corrected chi connectivity index (χ2v) is 7.77. The number of carbonyl (C=O) groups excluding carboxylic acids is 1. The van der Waals surface area contributed by atoms with E-state index in [0.29, 0.717) is 11.7 Å². The van der Waals surface area contributed by atoms with Gasteiger partial charge in [0.1, 0.15) is 5.69 Å². The van der Waals surface area contributed by atoms with Crippen LogP contribution in [0.1, 0.15) is 35.3 Å². The SMILES string of the molecule is O=C(Nc1ccc(N2CCC(NCCCc3cccnc3)CC2)cc1)c1cnccn1. The van der Waals surface area contributed by atoms with Crippen LogP contribution in [0.2, 0.25) is 0 Å². The van der Waals surface area contributed by atoms with E-state index in [-0.39, 0.29) is 5.91 Å². The molecule has 160 valence electrons. The molecule has 0 saturated carbocycles. The van der Waals surface area contributed by atoms with Gasteiger partial charge in [-0.25, -0.2) is 4.98 Å². The van der Waals surface area contributed by atoms with Gasteiger partial charge in [-0.3, -0.25) is 14.8 Å². The van der Waals surface area contributed by atoms with Crippen LogP contribution in [0.5, 0.6) is 0 Å². The summed E-state index contributed by atoms with van der Waals surface area (Å²) in [6.07, 6.45) is 12.8. The van der Waals surface area contributed by atoms with Gasteiger partial charge in [0, 0.05) is 55.3 Å². The molecule has 0 unspecified atom stereocenters. The predicted octanol–water partition coefficient (Wildman–Crippen LogP) is 3.32. The van der Waals surface area contributed by atoms with Gasteiger partial charge in [0.2, 0.25) is 0 Å². The Morgan fingerprint density at radius 1 is 1.00 bits per heavy atom. The van der Waals surface area contributed by atoms with Crippen LogP contribution in [0.3, 0.4) is 0 Å². The molecule has 4 rings (SSSR count). The Balaban J connectivity index is 1.18. The lowest BCUT2D eigenvalue weighted by Gasteiger charge is -2.34. The summed E-state index contributed by atoms with van der Waals surface area (Å²) in [5, 5.41) is 6.57. The highest BCUT2D eigenvalue weighted by Gasteiger charge is 2.19. The van der Waals surface area contributed by atoms with Crippen molar-refractivity contribution in [3.63, 3.8) is 0 Å². The molecule has 0 spiro atoms. The number of anilines is 2. The van der Waals surface area contributed by atoms with Gasteiger partial charge in [-0.1, -0.05) is 6.07 Å². The smallest absolute Gasteiger partial charge is 0.275 e. The maximum Gasteiger partial charge on any atom is 0.275 e. The van der Waals surface area contributed by atoms with E-state index in [1.165, 1.54) is 23.6 Å². The Morgan fingerprint density at radius 2 is 1.81 bits per heavy atom. The molecule has 0 bridgehead atoms. The van der Waals surface area contributed by atoms with Gasteiger partial charge < -0.3 is 15.5 Å². The zero-order valence-electron chi connectivity index (χ0n) is 17.6. The molecule has 2 aromatic heterocycles. The van der Waals surface area contributed by atoms with Crippen LogP contribution in [0.4, 0.5) is 11.4 Å². The van der Waals surface area contributed by atoms with Gasteiger partial charge in [0.05, 0.1) is 6.20 Å². The molecular formula is C24H28N6O. The molecule has 31 heavy (non-hydrogen) atoms. The first-order chi connectivity index (χ1) is 15.3. The highest BCUT2D eigenvalue weighted by atomic mass is 16.1. The minimum Gasteiger partial charge on any atom is -0.371 e. The fourth-order valence-corrected chi connectivity index (χ4v) is 3.85. The standard InChI is InChI=1S/C24H28N6O/c31-24(23-18-26-13-14-28-23)29-21-5-7-22(8-6-21)30-15-9-20(10-16-30)27-12-2-4-19-3-1-11-25-17-19/h1,3,5-8,11,13-14,17-18,20,27H,2,4,9-10,12,15-16H2,(H,29,31). The molecule has 1 aliphatic rings. The number of nitrogens with one attached hydrogen (secondary N) is 2. The molecule has 0 radical (unpaired) electrons. The summed E-state index contributed by atoms with van der Waals surface area (Å²) >= 11 is 0. The fraction of sp³-hybridized carbons (Fsp3) is 0.333. The van der Waals surface area contributed by atoms with Gasteiger partial charge >= 0.3 is 0 Å². The van der Waals surface area contributed by atoms with E-state index < -0.39 is 0 Å². The lowest BCUT2D eigenvalue weighted by Crippen LogP contribution is -2.42. The van der Waals surface area contributed by atoms with Crippen molar-refractivity contribution in [1.29, 1.82) is 0 Å². The lowest BCUT2D eigenvalue weighted by atomic mass is 10.0. The minimum atomic E-state index is -0.253. The zero-order chi connectivity index (χ0) is 21.3. The average Bonchev–Trinajstić information content (AvgIpc) is 2.84. The quantitative estimate of drug-likeness (QED) is 0.548. The third-order valence-electron chi connectivity index (χ3n) is 5.58. The third-order valence-corrected chi connectivity index (χ3v) is 5.58. The van der Waals surface area contributed by atoms with Gasteiger partial charge in [0.15, 0.2) is 0 Å². The third kappa shape index (κ3) is 6.08. The Labute approximate surface area is 183 Å². The van der Waals surface area contributed by atoms with Crippen LogP contribution >= 0.6 is 0 Å². The number of aryl methyl sites for hydroxylation is 1. The summed E-state index contributed by atoms with van der Waals surface area (Å²) in [5.41, 5.74) is 3.55. The number of pyridine rings is 1. The predicted molar refractivity (Wildman–Crippen MR) is 122 cm³/mol. The highest BCUT2D eigenvalue weighted by molar-refractivity contribution is 6.02. The number of benzene rings is 1. The average molecular weight is 417 g/mol. The zero-order valence-corrected chi connectivity index (χ0v) is 17.6. The Bertz CT molecular complexity index is 941. The summed E-state index contributed by atoms with van der Waals surface area (Å²) in [4.78, 5) is 26.7. The highest BCUT2D eigenvalue weighted by Crippen LogP contribution is 2.22. The normalized spacial score (nSPS) is 14.4. The van der Waals surface area contributed by atoms with Crippen molar-refractivity contribution < 1.29 is 4.79 Å².